The van der Waals surface area contributed by atoms with Crippen LogP contribution in [0.5, 0.6) is 0 Å². The molecule has 1 atom stereocenters. The highest BCUT2D eigenvalue weighted by Crippen LogP contribution is 2.43. The van der Waals surface area contributed by atoms with Crippen molar-refractivity contribution in [3.05, 3.63) is 0 Å². The van der Waals surface area contributed by atoms with Crippen LogP contribution in [0.4, 0.5) is 0 Å². The Morgan fingerprint density at radius 2 is 2.00 bits per heavy atom. The van der Waals surface area contributed by atoms with Gasteiger partial charge in [-0.05, 0) is 31.6 Å². The number of hydrogen-bond donors (Lipinski definition) is 1. The van der Waals surface area contributed by atoms with E-state index in [9.17, 15) is 8.42 Å². The number of sulfone groups is 1. The molecule has 0 radical (unpaired) electrons. The molecule has 3 aliphatic rings. The van der Waals surface area contributed by atoms with Crippen LogP contribution >= 0.6 is 11.8 Å². The quantitative estimate of drug-likeness (QED) is 0.802. The number of nitrogens with zero attached hydrogens (tertiary/aromatic N) is 1. The lowest BCUT2D eigenvalue weighted by Crippen LogP contribution is -2.47. The van der Waals surface area contributed by atoms with Crippen LogP contribution in [0, 0.1) is 5.41 Å². The van der Waals surface area contributed by atoms with Gasteiger partial charge >= 0.3 is 0 Å². The fourth-order valence-electron chi connectivity index (χ4n) is 3.42. The number of rotatable bonds is 1. The van der Waals surface area contributed by atoms with E-state index in [2.05, 4.69) is 5.32 Å². The lowest BCUT2D eigenvalue weighted by molar-refractivity contribution is 0.356. The number of aliphatic imine (C=N–C) groups is 1. The molecule has 2 fully saturated rings. The van der Waals surface area contributed by atoms with Gasteiger partial charge in [0.25, 0.3) is 0 Å². The Bertz CT molecular complexity index is 495. The molecule has 1 N–H and O–H groups in total. The smallest absolute Gasteiger partial charge is 0.157 e. The Balaban J connectivity index is 1.64. The molecule has 0 amide bonds. The predicted molar refractivity (Wildman–Crippen MR) is 80.5 cm³/mol. The van der Waals surface area contributed by atoms with Gasteiger partial charge < -0.3 is 5.32 Å². The molecule has 4 nitrogen and oxygen atoms in total. The van der Waals surface area contributed by atoms with Gasteiger partial charge in [0, 0.05) is 12.3 Å². The normalized spacial score (nSPS) is 36.4. The molecule has 19 heavy (non-hydrogen) atoms. The zero-order valence-electron chi connectivity index (χ0n) is 11.4. The first-order valence-corrected chi connectivity index (χ1v) is 9.87. The molecule has 1 unspecified atom stereocenters. The second-order valence-electron chi connectivity index (χ2n) is 6.64. The maximum Gasteiger partial charge on any atom is 0.157 e. The molecule has 1 spiro atoms. The van der Waals surface area contributed by atoms with Crippen molar-refractivity contribution in [2.75, 3.05) is 23.8 Å². The maximum absolute atomic E-state index is 11.6. The van der Waals surface area contributed by atoms with Crippen molar-refractivity contribution >= 4 is 26.8 Å². The minimum atomic E-state index is -2.85. The van der Waals surface area contributed by atoms with Gasteiger partial charge in [0.05, 0.1) is 17.0 Å². The lowest BCUT2D eigenvalue weighted by atomic mass is 9.89. The molecule has 0 aromatic rings. The van der Waals surface area contributed by atoms with Crippen LogP contribution < -0.4 is 5.32 Å². The van der Waals surface area contributed by atoms with E-state index >= 15 is 0 Å². The fraction of sp³-hybridized carbons (Fsp3) is 0.923. The van der Waals surface area contributed by atoms with Crippen molar-refractivity contribution in [2.45, 2.75) is 44.6 Å². The first kappa shape index (κ1) is 13.7. The first-order valence-electron chi connectivity index (χ1n) is 7.06. The molecule has 1 aliphatic carbocycles. The van der Waals surface area contributed by atoms with E-state index in [1.807, 2.05) is 6.92 Å². The summed E-state index contributed by atoms with van der Waals surface area (Å²) in [5.41, 5.74) is 0.128. The summed E-state index contributed by atoms with van der Waals surface area (Å²) in [6.07, 6.45) is 5.99. The van der Waals surface area contributed by atoms with Gasteiger partial charge in [-0.25, -0.2) is 8.42 Å². The molecule has 0 bridgehead atoms. The van der Waals surface area contributed by atoms with Crippen LogP contribution in [-0.2, 0) is 9.84 Å². The highest BCUT2D eigenvalue weighted by molar-refractivity contribution is 8.13. The fourth-order valence-corrected chi connectivity index (χ4v) is 6.81. The summed E-state index contributed by atoms with van der Waals surface area (Å²) in [5, 5.41) is 4.35. The zero-order valence-corrected chi connectivity index (χ0v) is 13.1. The van der Waals surface area contributed by atoms with Gasteiger partial charge in [0.2, 0.25) is 0 Å². The van der Waals surface area contributed by atoms with Crippen molar-refractivity contribution < 1.29 is 8.42 Å². The van der Waals surface area contributed by atoms with Crippen LogP contribution in [0.25, 0.3) is 0 Å². The second-order valence-corrected chi connectivity index (χ2v) is 9.79. The van der Waals surface area contributed by atoms with Crippen molar-refractivity contribution in [2.24, 2.45) is 10.4 Å². The van der Waals surface area contributed by atoms with Gasteiger partial charge in [-0.1, -0.05) is 24.6 Å². The molecular weight excluding hydrogens is 280 g/mol. The van der Waals surface area contributed by atoms with Gasteiger partial charge in [-0.3, -0.25) is 4.99 Å². The van der Waals surface area contributed by atoms with E-state index in [-0.39, 0.29) is 11.3 Å². The van der Waals surface area contributed by atoms with Crippen molar-refractivity contribution in [1.82, 2.24) is 5.32 Å². The first-order chi connectivity index (χ1) is 8.91. The third-order valence-electron chi connectivity index (χ3n) is 4.65. The SMILES string of the molecule is CC1(NC2=NCC3(CCCC3)CS2)CCS(=O)(=O)C1. The number of hydrogen-bond acceptors (Lipinski definition) is 5. The van der Waals surface area contributed by atoms with Gasteiger partial charge in [-0.15, -0.1) is 0 Å². The van der Waals surface area contributed by atoms with Gasteiger partial charge in [0.1, 0.15) is 0 Å². The van der Waals surface area contributed by atoms with Crippen molar-refractivity contribution in [3.63, 3.8) is 0 Å². The van der Waals surface area contributed by atoms with E-state index in [0.717, 1.165) is 17.5 Å². The molecule has 6 heteroatoms. The Morgan fingerprint density at radius 1 is 1.26 bits per heavy atom. The number of nitrogens with one attached hydrogen (secondary N) is 1. The van der Waals surface area contributed by atoms with Crippen LogP contribution in [0.1, 0.15) is 39.0 Å². The molecule has 2 heterocycles. The summed E-state index contributed by atoms with van der Waals surface area (Å²) in [7, 11) is -2.85. The summed E-state index contributed by atoms with van der Waals surface area (Å²) in [6, 6.07) is 0. The molecule has 0 aromatic carbocycles. The summed E-state index contributed by atoms with van der Waals surface area (Å²) in [6.45, 7) is 2.92. The molecule has 1 saturated heterocycles. The highest BCUT2D eigenvalue weighted by Gasteiger charge is 2.41. The standard InChI is InChI=1S/C13H22N2O2S2/c1-12(6-7-19(16,17)10-12)15-11-14-8-13(9-18-11)4-2-3-5-13/h2-10H2,1H3,(H,14,15). The summed E-state index contributed by atoms with van der Waals surface area (Å²) in [4.78, 5) is 4.69. The second kappa shape index (κ2) is 4.65. The molecule has 1 saturated carbocycles. The van der Waals surface area contributed by atoms with Crippen molar-refractivity contribution in [1.29, 1.82) is 0 Å². The van der Waals surface area contributed by atoms with Crippen molar-refractivity contribution in [3.8, 4) is 0 Å². The third kappa shape index (κ3) is 2.94. The topological polar surface area (TPSA) is 58.5 Å². The van der Waals surface area contributed by atoms with Crippen LogP contribution in [0.3, 0.4) is 0 Å². The predicted octanol–water partition coefficient (Wildman–Crippen LogP) is 1.82. The Morgan fingerprint density at radius 3 is 2.53 bits per heavy atom. The average molecular weight is 302 g/mol. The van der Waals surface area contributed by atoms with Crippen LogP contribution in [0.2, 0.25) is 0 Å². The lowest BCUT2D eigenvalue weighted by Gasteiger charge is -2.34. The Labute approximate surface area is 119 Å². The van der Waals surface area contributed by atoms with Gasteiger partial charge in [-0.2, -0.15) is 0 Å². The molecule has 2 aliphatic heterocycles. The summed E-state index contributed by atoms with van der Waals surface area (Å²) < 4.78 is 23.2. The molecule has 3 rings (SSSR count). The number of thioether (sulfide) groups is 1. The van der Waals surface area contributed by atoms with E-state index in [1.165, 1.54) is 25.7 Å². The van der Waals surface area contributed by atoms with Crippen LogP contribution in [-0.4, -0.2) is 42.9 Å². The molecular formula is C13H22N2O2S2. The highest BCUT2D eigenvalue weighted by atomic mass is 32.2. The van der Waals surface area contributed by atoms with E-state index in [4.69, 9.17) is 4.99 Å². The number of amidine groups is 1. The molecule has 108 valence electrons. The summed E-state index contributed by atoms with van der Waals surface area (Å²) >= 11 is 1.79. The van der Waals surface area contributed by atoms with Crippen LogP contribution in [0.15, 0.2) is 4.99 Å². The third-order valence-corrected chi connectivity index (χ3v) is 7.81. The molecule has 0 aromatic heterocycles. The monoisotopic (exact) mass is 302 g/mol. The van der Waals surface area contributed by atoms with E-state index in [1.54, 1.807) is 11.8 Å². The Kier molecular flexibility index (Phi) is 3.37. The van der Waals surface area contributed by atoms with E-state index in [0.29, 0.717) is 17.6 Å². The Hall–Kier alpha value is -0.230. The minimum Gasteiger partial charge on any atom is -0.359 e. The maximum atomic E-state index is 11.6. The summed E-state index contributed by atoms with van der Waals surface area (Å²) in [5.74, 6) is 1.69. The average Bonchev–Trinajstić information content (AvgIpc) is 2.89. The van der Waals surface area contributed by atoms with E-state index < -0.39 is 9.84 Å². The van der Waals surface area contributed by atoms with Gasteiger partial charge in [0.15, 0.2) is 15.0 Å². The largest absolute Gasteiger partial charge is 0.359 e. The zero-order chi connectivity index (χ0) is 13.6. The minimum absolute atomic E-state index is 0.241.